The quantitative estimate of drug-likeness (QED) is 0.912. The third kappa shape index (κ3) is 2.61. The molecule has 0 aliphatic heterocycles. The summed E-state index contributed by atoms with van der Waals surface area (Å²) in [6.45, 7) is 0.678. The largest absolute Gasteiger partial charge is 0.493 e. The molecule has 1 unspecified atom stereocenters. The lowest BCUT2D eigenvalue weighted by atomic mass is 10.1. The lowest BCUT2D eigenvalue weighted by molar-refractivity contribution is 0.319. The van der Waals surface area contributed by atoms with Crippen molar-refractivity contribution in [1.82, 2.24) is 4.98 Å². The number of hydrogen-bond donors (Lipinski definition) is 1. The summed E-state index contributed by atoms with van der Waals surface area (Å²) < 4.78 is 5.92. The van der Waals surface area contributed by atoms with E-state index in [1.54, 1.807) is 6.20 Å². The van der Waals surface area contributed by atoms with Gasteiger partial charge < -0.3 is 10.5 Å². The van der Waals surface area contributed by atoms with Crippen molar-refractivity contribution in [2.45, 2.75) is 25.3 Å². The average molecular weight is 254 g/mol. The molecule has 1 atom stereocenters. The van der Waals surface area contributed by atoms with Gasteiger partial charge in [0.2, 0.25) is 0 Å². The van der Waals surface area contributed by atoms with Gasteiger partial charge in [0.15, 0.2) is 0 Å². The predicted molar refractivity (Wildman–Crippen MR) is 75.1 cm³/mol. The smallest absolute Gasteiger partial charge is 0.122 e. The van der Waals surface area contributed by atoms with Crippen molar-refractivity contribution in [3.63, 3.8) is 0 Å². The zero-order valence-electron chi connectivity index (χ0n) is 10.9. The minimum Gasteiger partial charge on any atom is -0.493 e. The molecule has 1 aliphatic carbocycles. The van der Waals surface area contributed by atoms with E-state index < -0.39 is 0 Å². The third-order valence-corrected chi connectivity index (χ3v) is 3.65. The van der Waals surface area contributed by atoms with Crippen LogP contribution in [0.4, 0.5) is 0 Å². The SMILES string of the molecule is NC1CCc2c(OCCc3cccnc3)cccc21. The molecule has 1 heterocycles. The van der Waals surface area contributed by atoms with Crippen LogP contribution in [0.5, 0.6) is 5.75 Å². The van der Waals surface area contributed by atoms with Crippen molar-refractivity contribution in [3.05, 3.63) is 59.4 Å². The van der Waals surface area contributed by atoms with Gasteiger partial charge in [0, 0.05) is 24.9 Å². The van der Waals surface area contributed by atoms with Crippen LogP contribution in [0.15, 0.2) is 42.7 Å². The molecule has 1 aromatic heterocycles. The molecular formula is C16H18N2O. The standard InChI is InChI=1S/C16H18N2O/c17-15-7-6-14-13(15)4-1-5-16(14)19-10-8-12-3-2-9-18-11-12/h1-5,9,11,15H,6-8,10,17H2. The number of hydrogen-bond acceptors (Lipinski definition) is 3. The fourth-order valence-corrected chi connectivity index (χ4v) is 2.61. The van der Waals surface area contributed by atoms with Crippen LogP contribution in [0.3, 0.4) is 0 Å². The van der Waals surface area contributed by atoms with Gasteiger partial charge >= 0.3 is 0 Å². The number of benzene rings is 1. The topological polar surface area (TPSA) is 48.1 Å². The summed E-state index contributed by atoms with van der Waals surface area (Å²) in [4.78, 5) is 4.11. The molecule has 1 aromatic carbocycles. The van der Waals surface area contributed by atoms with E-state index in [1.165, 1.54) is 16.7 Å². The van der Waals surface area contributed by atoms with E-state index >= 15 is 0 Å². The highest BCUT2D eigenvalue weighted by molar-refractivity contribution is 5.44. The van der Waals surface area contributed by atoms with Gasteiger partial charge in [-0.3, -0.25) is 4.98 Å². The fraction of sp³-hybridized carbons (Fsp3) is 0.312. The summed E-state index contributed by atoms with van der Waals surface area (Å²) in [6.07, 6.45) is 6.60. The van der Waals surface area contributed by atoms with Crippen molar-refractivity contribution in [1.29, 1.82) is 0 Å². The number of nitrogens with two attached hydrogens (primary N) is 1. The molecule has 19 heavy (non-hydrogen) atoms. The molecule has 1 aliphatic rings. The van der Waals surface area contributed by atoms with Gasteiger partial charge in [0.1, 0.15) is 5.75 Å². The highest BCUT2D eigenvalue weighted by Crippen LogP contribution is 2.35. The Kier molecular flexibility index (Phi) is 3.47. The van der Waals surface area contributed by atoms with Gasteiger partial charge in [-0.25, -0.2) is 0 Å². The van der Waals surface area contributed by atoms with E-state index in [0.29, 0.717) is 6.61 Å². The molecular weight excluding hydrogens is 236 g/mol. The maximum absolute atomic E-state index is 6.07. The molecule has 0 spiro atoms. The fourth-order valence-electron chi connectivity index (χ4n) is 2.61. The first-order valence-electron chi connectivity index (χ1n) is 6.73. The van der Waals surface area contributed by atoms with Crippen LogP contribution in [0.25, 0.3) is 0 Å². The first-order valence-corrected chi connectivity index (χ1v) is 6.73. The summed E-state index contributed by atoms with van der Waals surface area (Å²) in [5, 5.41) is 0. The average Bonchev–Trinajstić information content (AvgIpc) is 2.83. The minimum atomic E-state index is 0.178. The van der Waals surface area contributed by atoms with Crippen LogP contribution in [-0.4, -0.2) is 11.6 Å². The molecule has 2 N–H and O–H groups in total. The zero-order valence-corrected chi connectivity index (χ0v) is 10.9. The second kappa shape index (κ2) is 5.41. The first-order chi connectivity index (χ1) is 9.34. The maximum atomic E-state index is 6.07. The Morgan fingerprint density at radius 2 is 2.21 bits per heavy atom. The Bertz CT molecular complexity index is 554. The first kappa shape index (κ1) is 12.2. The van der Waals surface area contributed by atoms with E-state index in [9.17, 15) is 0 Å². The van der Waals surface area contributed by atoms with Crippen molar-refractivity contribution < 1.29 is 4.74 Å². The maximum Gasteiger partial charge on any atom is 0.122 e. The molecule has 3 nitrogen and oxygen atoms in total. The highest BCUT2D eigenvalue weighted by Gasteiger charge is 2.21. The Morgan fingerprint density at radius 1 is 1.26 bits per heavy atom. The zero-order chi connectivity index (χ0) is 13.1. The summed E-state index contributed by atoms with van der Waals surface area (Å²) in [6, 6.07) is 10.4. The lowest BCUT2D eigenvalue weighted by Crippen LogP contribution is -2.06. The molecule has 0 saturated carbocycles. The molecule has 3 heteroatoms. The second-order valence-corrected chi connectivity index (χ2v) is 4.93. The Balaban J connectivity index is 1.65. The van der Waals surface area contributed by atoms with E-state index in [4.69, 9.17) is 10.5 Å². The molecule has 0 radical (unpaired) electrons. The van der Waals surface area contributed by atoms with E-state index in [0.717, 1.165) is 25.0 Å². The summed E-state index contributed by atoms with van der Waals surface area (Å²) in [5.74, 6) is 0.995. The van der Waals surface area contributed by atoms with Crippen LogP contribution in [0, 0.1) is 0 Å². The molecule has 0 fully saturated rings. The van der Waals surface area contributed by atoms with Gasteiger partial charge in [-0.05, 0) is 41.7 Å². The van der Waals surface area contributed by atoms with E-state index in [-0.39, 0.29) is 6.04 Å². The lowest BCUT2D eigenvalue weighted by Gasteiger charge is -2.11. The van der Waals surface area contributed by atoms with Gasteiger partial charge in [-0.1, -0.05) is 18.2 Å². The van der Waals surface area contributed by atoms with E-state index in [2.05, 4.69) is 17.1 Å². The number of nitrogens with zero attached hydrogens (tertiary/aromatic N) is 1. The molecule has 0 bridgehead atoms. The number of pyridine rings is 1. The minimum absolute atomic E-state index is 0.178. The van der Waals surface area contributed by atoms with Crippen LogP contribution < -0.4 is 10.5 Å². The summed E-state index contributed by atoms with van der Waals surface area (Å²) in [7, 11) is 0. The summed E-state index contributed by atoms with van der Waals surface area (Å²) in [5.41, 5.74) is 9.81. The van der Waals surface area contributed by atoms with Gasteiger partial charge in [0.05, 0.1) is 6.61 Å². The second-order valence-electron chi connectivity index (χ2n) is 4.93. The van der Waals surface area contributed by atoms with Crippen LogP contribution in [0.2, 0.25) is 0 Å². The summed E-state index contributed by atoms with van der Waals surface area (Å²) >= 11 is 0. The van der Waals surface area contributed by atoms with Gasteiger partial charge in [-0.15, -0.1) is 0 Å². The molecule has 3 rings (SSSR count). The Morgan fingerprint density at radius 3 is 3.05 bits per heavy atom. The molecule has 0 amide bonds. The number of ether oxygens (including phenoxy) is 1. The number of rotatable bonds is 4. The normalized spacial score (nSPS) is 17.2. The Labute approximate surface area is 113 Å². The predicted octanol–water partition coefficient (Wildman–Crippen LogP) is 2.65. The molecule has 0 saturated heterocycles. The third-order valence-electron chi connectivity index (χ3n) is 3.65. The van der Waals surface area contributed by atoms with Crippen molar-refractivity contribution in [2.24, 2.45) is 5.73 Å². The number of fused-ring (bicyclic) bond motifs is 1. The Hall–Kier alpha value is -1.87. The van der Waals surface area contributed by atoms with Gasteiger partial charge in [0.25, 0.3) is 0 Å². The molecule has 98 valence electrons. The van der Waals surface area contributed by atoms with Crippen molar-refractivity contribution >= 4 is 0 Å². The van der Waals surface area contributed by atoms with Crippen LogP contribution in [0.1, 0.15) is 29.2 Å². The van der Waals surface area contributed by atoms with Crippen molar-refractivity contribution in [2.75, 3.05) is 6.61 Å². The van der Waals surface area contributed by atoms with Crippen molar-refractivity contribution in [3.8, 4) is 5.75 Å². The molecule has 2 aromatic rings. The highest BCUT2D eigenvalue weighted by atomic mass is 16.5. The van der Waals surface area contributed by atoms with E-state index in [1.807, 2.05) is 24.4 Å². The monoisotopic (exact) mass is 254 g/mol. The number of aromatic nitrogens is 1. The van der Waals surface area contributed by atoms with Gasteiger partial charge in [-0.2, -0.15) is 0 Å². The van der Waals surface area contributed by atoms with Crippen LogP contribution in [-0.2, 0) is 12.8 Å². The van der Waals surface area contributed by atoms with Crippen LogP contribution >= 0.6 is 0 Å².